The third-order valence-corrected chi connectivity index (χ3v) is 4.74. The summed E-state index contributed by atoms with van der Waals surface area (Å²) >= 11 is 0. The second kappa shape index (κ2) is 5.68. The fourth-order valence-corrected chi connectivity index (χ4v) is 3.51. The van der Waals surface area contributed by atoms with Gasteiger partial charge in [-0.3, -0.25) is 0 Å². The van der Waals surface area contributed by atoms with Crippen LogP contribution in [-0.4, -0.2) is 24.3 Å². The summed E-state index contributed by atoms with van der Waals surface area (Å²) in [5.41, 5.74) is 7.82. The molecule has 0 aromatic heterocycles. The maximum Gasteiger partial charge on any atom is 0.338 e. The Morgan fingerprint density at radius 2 is 2.14 bits per heavy atom. The van der Waals surface area contributed by atoms with Gasteiger partial charge in [0.2, 0.25) is 0 Å². The first kappa shape index (κ1) is 14.4. The van der Waals surface area contributed by atoms with Crippen LogP contribution in [0.15, 0.2) is 18.2 Å². The fourth-order valence-electron chi connectivity index (χ4n) is 3.51. The maximum absolute atomic E-state index is 12.2. The predicted octanol–water partition coefficient (Wildman–Crippen LogP) is 3.23. The van der Waals surface area contributed by atoms with E-state index in [2.05, 4.69) is 0 Å². The number of ether oxygens (including phenoxy) is 2. The Kier molecular flexibility index (Phi) is 3.89. The number of hydrogen-bond donors (Lipinski definition) is 1. The first-order valence-corrected chi connectivity index (χ1v) is 7.79. The van der Waals surface area contributed by atoms with Gasteiger partial charge < -0.3 is 15.2 Å². The highest BCUT2D eigenvalue weighted by molar-refractivity contribution is 5.92. The van der Waals surface area contributed by atoms with E-state index in [0.29, 0.717) is 17.9 Å². The van der Waals surface area contributed by atoms with Gasteiger partial charge in [0.05, 0.1) is 17.3 Å². The smallest absolute Gasteiger partial charge is 0.338 e. The minimum Gasteiger partial charge on any atom is -0.459 e. The second-order valence-corrected chi connectivity index (χ2v) is 6.34. The zero-order valence-electron chi connectivity index (χ0n) is 12.6. The van der Waals surface area contributed by atoms with Gasteiger partial charge in [-0.25, -0.2) is 4.79 Å². The molecule has 2 aliphatic rings. The van der Waals surface area contributed by atoms with Crippen LogP contribution < -0.4 is 5.73 Å². The van der Waals surface area contributed by atoms with Gasteiger partial charge >= 0.3 is 5.97 Å². The van der Waals surface area contributed by atoms with Crippen LogP contribution in [0.2, 0.25) is 0 Å². The summed E-state index contributed by atoms with van der Waals surface area (Å²) in [7, 11) is 0. The summed E-state index contributed by atoms with van der Waals surface area (Å²) in [5, 5.41) is 0. The first-order chi connectivity index (χ1) is 10.1. The lowest BCUT2D eigenvalue weighted by molar-refractivity contribution is -0.0598. The SMILES string of the molecule is Cc1ccc(N)cc1C(=O)OCC1CCC2(CCCC2)O1. The molecule has 1 aromatic carbocycles. The highest BCUT2D eigenvalue weighted by Gasteiger charge is 2.42. The van der Waals surface area contributed by atoms with Crippen LogP contribution in [0.3, 0.4) is 0 Å². The molecule has 0 radical (unpaired) electrons. The topological polar surface area (TPSA) is 61.6 Å². The van der Waals surface area contributed by atoms with E-state index in [9.17, 15) is 4.79 Å². The van der Waals surface area contributed by atoms with Crippen LogP contribution in [0.4, 0.5) is 5.69 Å². The molecule has 2 N–H and O–H groups in total. The number of aryl methyl sites for hydroxylation is 1. The van der Waals surface area contributed by atoms with Crippen LogP contribution in [0, 0.1) is 6.92 Å². The summed E-state index contributed by atoms with van der Waals surface area (Å²) in [6.07, 6.45) is 6.98. The van der Waals surface area contributed by atoms with Crippen molar-refractivity contribution in [2.24, 2.45) is 0 Å². The standard InChI is InChI=1S/C17H23NO3/c1-12-4-5-13(18)10-15(12)16(19)20-11-14-6-9-17(21-14)7-2-3-8-17/h4-5,10,14H,2-3,6-9,11,18H2,1H3. The summed E-state index contributed by atoms with van der Waals surface area (Å²) < 4.78 is 11.6. The Hall–Kier alpha value is -1.55. The number of nitrogen functional groups attached to an aromatic ring is 1. The molecule has 21 heavy (non-hydrogen) atoms. The molecule has 4 heteroatoms. The zero-order valence-corrected chi connectivity index (χ0v) is 12.6. The summed E-state index contributed by atoms with van der Waals surface area (Å²) in [6, 6.07) is 5.30. The number of rotatable bonds is 3. The Labute approximate surface area is 125 Å². The number of benzene rings is 1. The monoisotopic (exact) mass is 289 g/mol. The van der Waals surface area contributed by atoms with Gasteiger partial charge in [-0.05, 0) is 50.3 Å². The molecule has 1 aliphatic heterocycles. The second-order valence-electron chi connectivity index (χ2n) is 6.34. The van der Waals surface area contributed by atoms with Gasteiger partial charge in [-0.2, -0.15) is 0 Å². The molecular formula is C17H23NO3. The van der Waals surface area contributed by atoms with Crippen LogP contribution in [-0.2, 0) is 9.47 Å². The number of carbonyl (C=O) groups is 1. The van der Waals surface area contributed by atoms with Crippen molar-refractivity contribution in [2.75, 3.05) is 12.3 Å². The summed E-state index contributed by atoms with van der Waals surface area (Å²) in [4.78, 5) is 12.2. The minimum absolute atomic E-state index is 0.0495. The average molecular weight is 289 g/mol. The number of hydrogen-bond acceptors (Lipinski definition) is 4. The molecule has 1 aliphatic carbocycles. The molecule has 4 nitrogen and oxygen atoms in total. The van der Waals surface area contributed by atoms with Gasteiger partial charge in [0.1, 0.15) is 6.61 Å². The molecule has 3 rings (SSSR count). The summed E-state index contributed by atoms with van der Waals surface area (Å²) in [5.74, 6) is -0.309. The van der Waals surface area contributed by atoms with E-state index in [0.717, 1.165) is 31.2 Å². The lowest BCUT2D eigenvalue weighted by atomic mass is 9.98. The van der Waals surface area contributed by atoms with Gasteiger partial charge in [-0.1, -0.05) is 18.9 Å². The molecule has 1 saturated carbocycles. The van der Waals surface area contributed by atoms with Crippen molar-refractivity contribution < 1.29 is 14.3 Å². The van der Waals surface area contributed by atoms with E-state index in [1.54, 1.807) is 12.1 Å². The third kappa shape index (κ3) is 3.05. The number of nitrogens with two attached hydrogens (primary N) is 1. The molecule has 1 unspecified atom stereocenters. The van der Waals surface area contributed by atoms with E-state index in [1.165, 1.54) is 12.8 Å². The maximum atomic E-state index is 12.2. The molecular weight excluding hydrogens is 266 g/mol. The van der Waals surface area contributed by atoms with Crippen molar-refractivity contribution >= 4 is 11.7 Å². The Morgan fingerprint density at radius 3 is 2.90 bits per heavy atom. The summed E-state index contributed by atoms with van der Waals surface area (Å²) in [6.45, 7) is 2.23. The van der Waals surface area contributed by atoms with Crippen molar-refractivity contribution in [3.05, 3.63) is 29.3 Å². The van der Waals surface area contributed by atoms with Crippen molar-refractivity contribution in [3.63, 3.8) is 0 Å². The molecule has 114 valence electrons. The van der Waals surface area contributed by atoms with Crippen LogP contribution in [0.25, 0.3) is 0 Å². The normalized spacial score (nSPS) is 23.6. The largest absolute Gasteiger partial charge is 0.459 e. The van der Waals surface area contributed by atoms with Crippen molar-refractivity contribution in [1.82, 2.24) is 0 Å². The zero-order chi connectivity index (χ0) is 14.9. The van der Waals surface area contributed by atoms with Crippen molar-refractivity contribution in [1.29, 1.82) is 0 Å². The first-order valence-electron chi connectivity index (χ1n) is 7.79. The molecule has 1 saturated heterocycles. The number of carbonyl (C=O) groups excluding carboxylic acids is 1. The van der Waals surface area contributed by atoms with E-state index < -0.39 is 0 Å². The van der Waals surface area contributed by atoms with Crippen LogP contribution >= 0.6 is 0 Å². The highest BCUT2D eigenvalue weighted by Crippen LogP contribution is 2.43. The van der Waals surface area contributed by atoms with E-state index in [4.69, 9.17) is 15.2 Å². The van der Waals surface area contributed by atoms with Gasteiger partial charge in [-0.15, -0.1) is 0 Å². The van der Waals surface area contributed by atoms with E-state index in [-0.39, 0.29) is 17.7 Å². The fraction of sp³-hybridized carbons (Fsp3) is 0.588. The van der Waals surface area contributed by atoms with Crippen molar-refractivity contribution in [2.45, 2.75) is 57.2 Å². The van der Waals surface area contributed by atoms with Crippen molar-refractivity contribution in [3.8, 4) is 0 Å². The molecule has 0 amide bonds. The van der Waals surface area contributed by atoms with Gasteiger partial charge in [0.25, 0.3) is 0 Å². The molecule has 0 bridgehead atoms. The predicted molar refractivity (Wildman–Crippen MR) is 81.2 cm³/mol. The quantitative estimate of drug-likeness (QED) is 0.685. The van der Waals surface area contributed by atoms with Crippen LogP contribution in [0.5, 0.6) is 0 Å². The third-order valence-electron chi connectivity index (χ3n) is 4.74. The Balaban J connectivity index is 1.56. The Morgan fingerprint density at radius 1 is 1.38 bits per heavy atom. The van der Waals surface area contributed by atoms with E-state index >= 15 is 0 Å². The molecule has 1 heterocycles. The number of anilines is 1. The van der Waals surface area contributed by atoms with Gasteiger partial charge in [0.15, 0.2) is 0 Å². The van der Waals surface area contributed by atoms with Crippen LogP contribution in [0.1, 0.15) is 54.4 Å². The van der Waals surface area contributed by atoms with E-state index in [1.807, 2.05) is 13.0 Å². The lowest BCUT2D eigenvalue weighted by Gasteiger charge is -2.23. The lowest BCUT2D eigenvalue weighted by Crippen LogP contribution is -2.27. The average Bonchev–Trinajstić information content (AvgIpc) is 3.09. The highest BCUT2D eigenvalue weighted by atomic mass is 16.6. The Bertz CT molecular complexity index is 535. The molecule has 2 fully saturated rings. The molecule has 1 spiro atoms. The van der Waals surface area contributed by atoms with Gasteiger partial charge in [0, 0.05) is 5.69 Å². The number of esters is 1. The minimum atomic E-state index is -0.309. The molecule has 1 aromatic rings. The molecule has 1 atom stereocenters.